The average Bonchev–Trinajstić information content (AvgIpc) is 3.06. The van der Waals surface area contributed by atoms with Gasteiger partial charge in [0.25, 0.3) is 0 Å². The van der Waals surface area contributed by atoms with Gasteiger partial charge in [-0.1, -0.05) is 54.1 Å². The van der Waals surface area contributed by atoms with E-state index in [4.69, 9.17) is 0 Å². The van der Waals surface area contributed by atoms with Gasteiger partial charge in [-0.05, 0) is 48.7 Å². The van der Waals surface area contributed by atoms with Crippen LogP contribution in [0.15, 0.2) is 66.7 Å². The standard InChI is InChI=1S/C26H25FN2O2/c1-17-7-8-18(2)20(13-17)16-29-24-6-4-3-5-22(24)23(25(29)26(30)31)15-28-14-19-9-11-21(27)12-10-19/h3-13,28H,14-16H2,1-2H3,(H,30,31). The van der Waals surface area contributed by atoms with E-state index >= 15 is 0 Å². The predicted molar refractivity (Wildman–Crippen MR) is 121 cm³/mol. The summed E-state index contributed by atoms with van der Waals surface area (Å²) in [5.41, 5.74) is 6.29. The summed E-state index contributed by atoms with van der Waals surface area (Å²) in [4.78, 5) is 12.3. The molecule has 4 aromatic rings. The Kier molecular flexibility index (Phi) is 5.87. The number of carbonyl (C=O) groups is 1. The molecule has 0 aliphatic rings. The number of aryl methyl sites for hydroxylation is 2. The van der Waals surface area contributed by atoms with Gasteiger partial charge in [0.15, 0.2) is 0 Å². The maximum atomic E-state index is 13.1. The van der Waals surface area contributed by atoms with Crippen LogP contribution in [0.1, 0.15) is 38.3 Å². The van der Waals surface area contributed by atoms with Crippen LogP contribution in [0.4, 0.5) is 4.39 Å². The minimum absolute atomic E-state index is 0.272. The number of hydrogen-bond acceptors (Lipinski definition) is 2. The Bertz CT molecular complexity index is 1240. The van der Waals surface area contributed by atoms with Crippen LogP contribution >= 0.6 is 0 Å². The second-order valence-corrected chi connectivity index (χ2v) is 7.90. The third kappa shape index (κ3) is 4.37. The number of halogens is 1. The van der Waals surface area contributed by atoms with Gasteiger partial charge in [-0.15, -0.1) is 0 Å². The van der Waals surface area contributed by atoms with Gasteiger partial charge in [0.05, 0.1) is 0 Å². The normalized spacial score (nSPS) is 11.2. The number of aromatic carboxylic acids is 1. The Hall–Kier alpha value is -3.44. The number of hydrogen-bond donors (Lipinski definition) is 2. The molecule has 3 aromatic carbocycles. The first-order valence-corrected chi connectivity index (χ1v) is 10.3. The molecule has 0 radical (unpaired) electrons. The second-order valence-electron chi connectivity index (χ2n) is 7.90. The van der Waals surface area contributed by atoms with E-state index in [2.05, 4.69) is 23.5 Å². The molecule has 0 aliphatic heterocycles. The van der Waals surface area contributed by atoms with Crippen molar-refractivity contribution in [2.45, 2.75) is 33.5 Å². The van der Waals surface area contributed by atoms with Gasteiger partial charge in [0.1, 0.15) is 11.5 Å². The third-order valence-electron chi connectivity index (χ3n) is 5.66. The molecular weight excluding hydrogens is 391 g/mol. The van der Waals surface area contributed by atoms with E-state index in [-0.39, 0.29) is 5.82 Å². The number of benzene rings is 3. The molecule has 0 fully saturated rings. The monoisotopic (exact) mass is 416 g/mol. The molecule has 0 saturated heterocycles. The summed E-state index contributed by atoms with van der Waals surface area (Å²) in [6.07, 6.45) is 0. The molecule has 4 rings (SSSR count). The first kappa shape index (κ1) is 20.8. The van der Waals surface area contributed by atoms with E-state index in [1.807, 2.05) is 42.7 Å². The summed E-state index contributed by atoms with van der Waals surface area (Å²) in [7, 11) is 0. The summed E-state index contributed by atoms with van der Waals surface area (Å²) in [5, 5.41) is 14.4. The van der Waals surface area contributed by atoms with Gasteiger partial charge in [-0.25, -0.2) is 9.18 Å². The first-order valence-electron chi connectivity index (χ1n) is 10.3. The topological polar surface area (TPSA) is 54.3 Å². The molecule has 1 heterocycles. The maximum absolute atomic E-state index is 13.1. The summed E-state index contributed by atoms with van der Waals surface area (Å²) < 4.78 is 15.0. The smallest absolute Gasteiger partial charge is 0.352 e. The molecule has 0 bridgehead atoms. The maximum Gasteiger partial charge on any atom is 0.352 e. The zero-order valence-corrected chi connectivity index (χ0v) is 17.7. The zero-order chi connectivity index (χ0) is 22.0. The van der Waals surface area contributed by atoms with Gasteiger partial charge in [0, 0.05) is 36.1 Å². The Balaban J connectivity index is 1.71. The number of carboxylic acid groups (broad SMARTS) is 1. The quantitative estimate of drug-likeness (QED) is 0.422. The lowest BCUT2D eigenvalue weighted by Gasteiger charge is -2.13. The van der Waals surface area contributed by atoms with E-state index in [1.165, 1.54) is 12.1 Å². The van der Waals surface area contributed by atoms with Gasteiger partial charge < -0.3 is 15.0 Å². The van der Waals surface area contributed by atoms with Crippen molar-refractivity contribution in [3.05, 3.63) is 106 Å². The molecule has 4 nitrogen and oxygen atoms in total. The van der Waals surface area contributed by atoms with Crippen LogP contribution in [0.25, 0.3) is 10.9 Å². The Morgan fingerprint density at radius 3 is 2.48 bits per heavy atom. The minimum Gasteiger partial charge on any atom is -0.477 e. The Labute approximate surface area is 181 Å². The fourth-order valence-electron chi connectivity index (χ4n) is 4.04. The fraction of sp³-hybridized carbons (Fsp3) is 0.192. The molecule has 1 aromatic heterocycles. The molecule has 0 atom stereocenters. The van der Waals surface area contributed by atoms with Gasteiger partial charge in [0.2, 0.25) is 0 Å². The fourth-order valence-corrected chi connectivity index (χ4v) is 4.04. The van der Waals surface area contributed by atoms with Crippen molar-refractivity contribution in [3.8, 4) is 0 Å². The van der Waals surface area contributed by atoms with Crippen molar-refractivity contribution in [3.63, 3.8) is 0 Å². The van der Waals surface area contributed by atoms with E-state index in [1.54, 1.807) is 12.1 Å². The van der Waals surface area contributed by atoms with Crippen LogP contribution in [0.2, 0.25) is 0 Å². The number of nitrogens with one attached hydrogen (secondary N) is 1. The molecule has 31 heavy (non-hydrogen) atoms. The van der Waals surface area contributed by atoms with Crippen molar-refractivity contribution in [2.75, 3.05) is 0 Å². The highest BCUT2D eigenvalue weighted by atomic mass is 19.1. The van der Waals surface area contributed by atoms with Gasteiger partial charge in [-0.3, -0.25) is 0 Å². The summed E-state index contributed by atoms with van der Waals surface area (Å²) in [6, 6.07) is 20.4. The molecule has 5 heteroatoms. The van der Waals surface area contributed by atoms with E-state index in [0.717, 1.165) is 38.7 Å². The van der Waals surface area contributed by atoms with E-state index < -0.39 is 5.97 Å². The summed E-state index contributed by atoms with van der Waals surface area (Å²) >= 11 is 0. The Morgan fingerprint density at radius 2 is 1.74 bits per heavy atom. The van der Waals surface area contributed by atoms with Crippen LogP contribution in [-0.4, -0.2) is 15.6 Å². The highest BCUT2D eigenvalue weighted by Gasteiger charge is 2.22. The molecule has 0 amide bonds. The molecule has 0 aliphatic carbocycles. The van der Waals surface area contributed by atoms with Gasteiger partial charge in [-0.2, -0.15) is 0 Å². The van der Waals surface area contributed by atoms with Crippen molar-refractivity contribution < 1.29 is 14.3 Å². The number of fused-ring (bicyclic) bond motifs is 1. The lowest BCUT2D eigenvalue weighted by Crippen LogP contribution is -2.17. The van der Waals surface area contributed by atoms with Crippen molar-refractivity contribution >= 4 is 16.9 Å². The predicted octanol–water partition coefficient (Wildman–Crippen LogP) is 5.43. The highest BCUT2D eigenvalue weighted by Crippen LogP contribution is 2.28. The highest BCUT2D eigenvalue weighted by molar-refractivity contribution is 5.98. The number of nitrogens with zero attached hydrogens (tertiary/aromatic N) is 1. The van der Waals surface area contributed by atoms with Gasteiger partial charge >= 0.3 is 5.97 Å². The number of rotatable bonds is 7. The molecule has 0 unspecified atom stereocenters. The lowest BCUT2D eigenvalue weighted by molar-refractivity contribution is 0.0684. The van der Waals surface area contributed by atoms with Crippen LogP contribution in [0.5, 0.6) is 0 Å². The number of para-hydroxylation sites is 1. The summed E-state index contributed by atoms with van der Waals surface area (Å²) in [5.74, 6) is -1.22. The zero-order valence-electron chi connectivity index (χ0n) is 17.7. The second kappa shape index (κ2) is 8.74. The van der Waals surface area contributed by atoms with E-state index in [0.29, 0.717) is 25.3 Å². The molecule has 158 valence electrons. The molecule has 2 N–H and O–H groups in total. The molecule has 0 saturated carbocycles. The number of aromatic nitrogens is 1. The van der Waals surface area contributed by atoms with Crippen LogP contribution < -0.4 is 5.32 Å². The first-order chi connectivity index (χ1) is 14.9. The van der Waals surface area contributed by atoms with Crippen molar-refractivity contribution in [1.82, 2.24) is 9.88 Å². The van der Waals surface area contributed by atoms with Crippen molar-refractivity contribution in [2.24, 2.45) is 0 Å². The minimum atomic E-state index is -0.944. The van der Waals surface area contributed by atoms with Crippen LogP contribution in [-0.2, 0) is 19.6 Å². The van der Waals surface area contributed by atoms with E-state index in [9.17, 15) is 14.3 Å². The SMILES string of the molecule is Cc1ccc(C)c(Cn2c(C(=O)O)c(CNCc3ccc(F)cc3)c3ccccc32)c1. The summed E-state index contributed by atoms with van der Waals surface area (Å²) in [6.45, 7) is 5.51. The largest absolute Gasteiger partial charge is 0.477 e. The third-order valence-corrected chi connectivity index (χ3v) is 5.66. The Morgan fingerprint density at radius 1 is 1.00 bits per heavy atom. The number of carboxylic acids is 1. The van der Waals surface area contributed by atoms with Crippen LogP contribution in [0, 0.1) is 19.7 Å². The average molecular weight is 416 g/mol. The molecular formula is C26H25FN2O2. The van der Waals surface area contributed by atoms with Crippen molar-refractivity contribution in [1.29, 1.82) is 0 Å². The molecule has 0 spiro atoms. The van der Waals surface area contributed by atoms with Crippen LogP contribution in [0.3, 0.4) is 0 Å². The lowest BCUT2D eigenvalue weighted by atomic mass is 10.1.